The Balaban J connectivity index is 1.08. The molecule has 12 rings (SSSR count). The third-order valence-electron chi connectivity index (χ3n) is 11.9. The number of hydrogen-bond acceptors (Lipinski definition) is 3. The number of para-hydroxylation sites is 1. The Bertz CT molecular complexity index is 3550. The van der Waals surface area contributed by atoms with Crippen molar-refractivity contribution in [2.75, 3.05) is 4.90 Å². The number of fused-ring (bicyclic) bond motifs is 9. The van der Waals surface area contributed by atoms with Gasteiger partial charge in [0, 0.05) is 42.5 Å². The zero-order valence-electron chi connectivity index (χ0n) is 32.0. The molecule has 0 fully saturated rings. The molecule has 0 saturated heterocycles. The van der Waals surface area contributed by atoms with Crippen LogP contribution in [0.2, 0.25) is 0 Å². The third-order valence-corrected chi connectivity index (χ3v) is 13.1. The van der Waals surface area contributed by atoms with Crippen LogP contribution in [-0.4, -0.2) is 0 Å². The van der Waals surface area contributed by atoms with Crippen LogP contribution >= 0.6 is 11.3 Å². The van der Waals surface area contributed by atoms with Crippen molar-refractivity contribution >= 4 is 92.1 Å². The fraction of sp³-hybridized carbons (Fsp3) is 0. The van der Waals surface area contributed by atoms with E-state index in [0.29, 0.717) is 0 Å². The summed E-state index contributed by atoms with van der Waals surface area (Å²) in [7, 11) is 0. The predicted octanol–water partition coefficient (Wildman–Crippen LogP) is 16.7. The zero-order chi connectivity index (χ0) is 38.9. The molecule has 0 unspecified atom stereocenters. The van der Waals surface area contributed by atoms with Gasteiger partial charge in [0.2, 0.25) is 0 Å². The fourth-order valence-electron chi connectivity index (χ4n) is 9.11. The van der Waals surface area contributed by atoms with Gasteiger partial charge in [-0.2, -0.15) is 0 Å². The topological polar surface area (TPSA) is 16.4 Å². The van der Waals surface area contributed by atoms with Crippen molar-refractivity contribution in [1.82, 2.24) is 0 Å². The molecule has 0 spiro atoms. The smallest absolute Gasteiger partial charge is 0.145 e. The van der Waals surface area contributed by atoms with E-state index in [1.807, 2.05) is 11.3 Å². The lowest BCUT2D eigenvalue weighted by Crippen LogP contribution is -2.10. The maximum absolute atomic E-state index is 6.78. The Morgan fingerprint density at radius 1 is 0.373 bits per heavy atom. The first-order chi connectivity index (χ1) is 29.3. The van der Waals surface area contributed by atoms with Gasteiger partial charge in [0.15, 0.2) is 0 Å². The van der Waals surface area contributed by atoms with E-state index in [4.69, 9.17) is 4.42 Å². The van der Waals surface area contributed by atoms with Crippen LogP contribution in [0, 0.1) is 0 Å². The second kappa shape index (κ2) is 13.6. The molecule has 0 aliphatic heterocycles. The summed E-state index contributed by atoms with van der Waals surface area (Å²) in [6, 6.07) is 76.8. The normalized spacial score (nSPS) is 11.7. The minimum atomic E-state index is 0.873. The van der Waals surface area contributed by atoms with Crippen LogP contribution in [0.1, 0.15) is 0 Å². The van der Waals surface area contributed by atoms with E-state index in [1.165, 1.54) is 64.0 Å². The fourth-order valence-corrected chi connectivity index (χ4v) is 10.4. The van der Waals surface area contributed by atoms with Crippen molar-refractivity contribution in [2.24, 2.45) is 0 Å². The molecule has 0 radical (unpaired) electrons. The van der Waals surface area contributed by atoms with Gasteiger partial charge < -0.3 is 9.32 Å². The van der Waals surface area contributed by atoms with Crippen molar-refractivity contribution in [3.8, 4) is 33.4 Å². The van der Waals surface area contributed by atoms with Crippen LogP contribution in [0.15, 0.2) is 217 Å². The number of hydrogen-bond donors (Lipinski definition) is 0. The summed E-state index contributed by atoms with van der Waals surface area (Å²) < 4.78 is 9.40. The van der Waals surface area contributed by atoms with Gasteiger partial charge in [-0.05, 0) is 97.9 Å². The summed E-state index contributed by atoms with van der Waals surface area (Å²) in [6.45, 7) is 0. The minimum absolute atomic E-state index is 0.873. The minimum Gasteiger partial charge on any atom is -0.455 e. The highest BCUT2D eigenvalue weighted by Crippen LogP contribution is 2.48. The van der Waals surface area contributed by atoms with Crippen molar-refractivity contribution in [3.63, 3.8) is 0 Å². The first-order valence-electron chi connectivity index (χ1n) is 20.1. The molecule has 2 aromatic heterocycles. The summed E-state index contributed by atoms with van der Waals surface area (Å²) in [5, 5.41) is 9.72. The lowest BCUT2D eigenvalue weighted by atomic mass is 9.94. The molecule has 59 heavy (non-hydrogen) atoms. The largest absolute Gasteiger partial charge is 0.455 e. The average Bonchev–Trinajstić information content (AvgIpc) is 3.90. The molecule has 0 aliphatic carbocycles. The Kier molecular flexibility index (Phi) is 7.75. The molecule has 3 heteroatoms. The van der Waals surface area contributed by atoms with Crippen LogP contribution in [0.4, 0.5) is 17.1 Å². The number of anilines is 3. The number of benzene rings is 10. The van der Waals surface area contributed by atoms with Crippen LogP contribution in [0.25, 0.3) is 97.0 Å². The second-order valence-corrected chi connectivity index (χ2v) is 16.3. The lowest BCUT2D eigenvalue weighted by Gasteiger charge is -2.27. The van der Waals surface area contributed by atoms with E-state index in [9.17, 15) is 0 Å². The Labute approximate surface area is 345 Å². The first-order valence-corrected chi connectivity index (χ1v) is 20.9. The molecule has 0 N–H and O–H groups in total. The van der Waals surface area contributed by atoms with Crippen LogP contribution in [0.5, 0.6) is 0 Å². The van der Waals surface area contributed by atoms with Gasteiger partial charge in [0.25, 0.3) is 0 Å². The Hall–Kier alpha value is -7.46. The van der Waals surface area contributed by atoms with Crippen molar-refractivity contribution in [3.05, 3.63) is 212 Å². The molecule has 12 aromatic rings. The zero-order valence-corrected chi connectivity index (χ0v) is 32.8. The monoisotopic (exact) mass is 769 g/mol. The molecular weight excluding hydrogens is 735 g/mol. The highest BCUT2D eigenvalue weighted by molar-refractivity contribution is 7.26. The van der Waals surface area contributed by atoms with Crippen LogP contribution in [-0.2, 0) is 0 Å². The number of thiophene rings is 1. The SMILES string of the molecule is c1ccc(-c2ccc(N(c3ccc(-c4ccc(-c5ccccc5)c5sc6ccccc6c45)cc3)c3ccc4c(ccc5ccccc54)c3)c3c2oc2ccccc23)cc1. The Morgan fingerprint density at radius 2 is 0.966 bits per heavy atom. The molecule has 0 bridgehead atoms. The molecule has 0 atom stereocenters. The molecule has 2 heterocycles. The average molecular weight is 770 g/mol. The molecule has 276 valence electrons. The molecule has 0 amide bonds. The first kappa shape index (κ1) is 33.7. The van der Waals surface area contributed by atoms with Gasteiger partial charge in [-0.1, -0.05) is 164 Å². The standard InChI is InChI=1S/C56H35NOS/c1-3-13-36(14-4-1)46-33-34-50(54-48-19-9-11-21-51(48)58-55(46)54)57(42-29-30-44-40(35-42)24-23-38-17-7-8-18-43(38)44)41-27-25-39(26-28-41)45-31-32-47(37-15-5-2-6-16-37)56-53(45)49-20-10-12-22-52(49)59-56/h1-35H. The van der Waals surface area contributed by atoms with E-state index in [0.717, 1.165) is 50.1 Å². The van der Waals surface area contributed by atoms with E-state index in [1.54, 1.807) is 0 Å². The van der Waals surface area contributed by atoms with Crippen molar-refractivity contribution in [2.45, 2.75) is 0 Å². The summed E-state index contributed by atoms with van der Waals surface area (Å²) in [4.78, 5) is 2.41. The molecule has 0 aliphatic rings. The number of nitrogens with zero attached hydrogens (tertiary/aromatic N) is 1. The summed E-state index contributed by atoms with van der Waals surface area (Å²) >= 11 is 1.88. The van der Waals surface area contributed by atoms with E-state index >= 15 is 0 Å². The number of rotatable bonds is 6. The van der Waals surface area contributed by atoms with Gasteiger partial charge >= 0.3 is 0 Å². The third kappa shape index (κ3) is 5.47. The Morgan fingerprint density at radius 3 is 1.78 bits per heavy atom. The van der Waals surface area contributed by atoms with Crippen LogP contribution < -0.4 is 4.90 Å². The lowest BCUT2D eigenvalue weighted by molar-refractivity contribution is 0.670. The van der Waals surface area contributed by atoms with Gasteiger partial charge in [0.1, 0.15) is 11.2 Å². The van der Waals surface area contributed by atoms with E-state index < -0.39 is 0 Å². The molecule has 10 aromatic carbocycles. The predicted molar refractivity (Wildman–Crippen MR) is 253 cm³/mol. The van der Waals surface area contributed by atoms with Crippen molar-refractivity contribution < 1.29 is 4.42 Å². The number of furan rings is 1. The summed E-state index contributed by atoms with van der Waals surface area (Å²) in [5.41, 5.74) is 12.1. The quantitative estimate of drug-likeness (QED) is 0.157. The van der Waals surface area contributed by atoms with Crippen LogP contribution in [0.3, 0.4) is 0 Å². The van der Waals surface area contributed by atoms with Gasteiger partial charge in [-0.25, -0.2) is 0 Å². The van der Waals surface area contributed by atoms with Gasteiger partial charge in [-0.3, -0.25) is 0 Å². The second-order valence-electron chi connectivity index (χ2n) is 15.2. The molecule has 2 nitrogen and oxygen atoms in total. The van der Waals surface area contributed by atoms with E-state index in [2.05, 4.69) is 217 Å². The van der Waals surface area contributed by atoms with Gasteiger partial charge in [0.05, 0.1) is 11.1 Å². The maximum atomic E-state index is 6.78. The van der Waals surface area contributed by atoms with E-state index in [-0.39, 0.29) is 0 Å². The summed E-state index contributed by atoms with van der Waals surface area (Å²) in [6.07, 6.45) is 0. The molecular formula is C56H35NOS. The molecule has 0 saturated carbocycles. The van der Waals surface area contributed by atoms with Gasteiger partial charge in [-0.15, -0.1) is 11.3 Å². The maximum Gasteiger partial charge on any atom is 0.145 e. The van der Waals surface area contributed by atoms with Crippen molar-refractivity contribution in [1.29, 1.82) is 0 Å². The highest BCUT2D eigenvalue weighted by atomic mass is 32.1. The summed E-state index contributed by atoms with van der Waals surface area (Å²) in [5.74, 6) is 0. The highest BCUT2D eigenvalue weighted by Gasteiger charge is 2.23.